The lowest BCUT2D eigenvalue weighted by Gasteiger charge is -2.08. The SMILES string of the molecule is Cc1ccc(NC(=O)CCNC(=O)c2cc(C)nc3c2c(C)nn3C)nc1. The number of hydrogen-bond acceptors (Lipinski definition) is 5. The van der Waals surface area contributed by atoms with E-state index in [-0.39, 0.29) is 24.8 Å². The highest BCUT2D eigenvalue weighted by atomic mass is 16.2. The Morgan fingerprint density at radius 2 is 1.96 bits per heavy atom. The maximum atomic E-state index is 12.6. The third kappa shape index (κ3) is 4.11. The molecule has 2 amide bonds. The highest BCUT2D eigenvalue weighted by Gasteiger charge is 2.17. The molecule has 0 aromatic carbocycles. The Kier molecular flexibility index (Phi) is 5.16. The van der Waals surface area contributed by atoms with Gasteiger partial charge in [0.2, 0.25) is 5.91 Å². The van der Waals surface area contributed by atoms with Crippen LogP contribution in [0, 0.1) is 20.8 Å². The van der Waals surface area contributed by atoms with Crippen molar-refractivity contribution in [1.82, 2.24) is 25.1 Å². The molecule has 0 aliphatic rings. The standard InChI is InChI=1S/C19H22N6O2/c1-11-5-6-15(21-10-11)23-16(26)7-8-20-19(27)14-9-12(2)22-18-17(14)13(3)24-25(18)4/h5-6,9-10H,7-8H2,1-4H3,(H,20,27)(H,21,23,26). The molecule has 27 heavy (non-hydrogen) atoms. The summed E-state index contributed by atoms with van der Waals surface area (Å²) in [6.45, 7) is 5.83. The third-order valence-electron chi connectivity index (χ3n) is 4.16. The number of fused-ring (bicyclic) bond motifs is 1. The minimum absolute atomic E-state index is 0.153. The van der Waals surface area contributed by atoms with E-state index in [1.807, 2.05) is 26.8 Å². The molecule has 0 aliphatic carbocycles. The zero-order chi connectivity index (χ0) is 19.6. The first-order chi connectivity index (χ1) is 12.8. The summed E-state index contributed by atoms with van der Waals surface area (Å²) in [6, 6.07) is 5.35. The summed E-state index contributed by atoms with van der Waals surface area (Å²) in [5.74, 6) is 0.0394. The lowest BCUT2D eigenvalue weighted by atomic mass is 10.1. The largest absolute Gasteiger partial charge is 0.351 e. The van der Waals surface area contributed by atoms with Crippen molar-refractivity contribution in [2.24, 2.45) is 7.05 Å². The molecule has 0 bridgehead atoms. The van der Waals surface area contributed by atoms with Gasteiger partial charge in [0.15, 0.2) is 5.65 Å². The highest BCUT2D eigenvalue weighted by molar-refractivity contribution is 6.06. The summed E-state index contributed by atoms with van der Waals surface area (Å²) in [4.78, 5) is 33.2. The Hall–Kier alpha value is -3.29. The van der Waals surface area contributed by atoms with Gasteiger partial charge in [0.1, 0.15) is 5.82 Å². The van der Waals surface area contributed by atoms with Crippen molar-refractivity contribution in [2.45, 2.75) is 27.2 Å². The summed E-state index contributed by atoms with van der Waals surface area (Å²) < 4.78 is 1.66. The highest BCUT2D eigenvalue weighted by Crippen LogP contribution is 2.21. The fourth-order valence-corrected chi connectivity index (χ4v) is 2.88. The van der Waals surface area contributed by atoms with Crippen LogP contribution in [-0.4, -0.2) is 38.1 Å². The number of carbonyl (C=O) groups is 2. The first kappa shape index (κ1) is 18.5. The second-order valence-corrected chi connectivity index (χ2v) is 6.49. The average Bonchev–Trinajstić information content (AvgIpc) is 2.90. The Labute approximate surface area is 157 Å². The lowest BCUT2D eigenvalue weighted by Crippen LogP contribution is -2.28. The number of nitrogens with zero attached hydrogens (tertiary/aromatic N) is 4. The van der Waals surface area contributed by atoms with Crippen molar-refractivity contribution in [3.63, 3.8) is 0 Å². The first-order valence-electron chi connectivity index (χ1n) is 8.67. The summed E-state index contributed by atoms with van der Waals surface area (Å²) in [5.41, 5.74) is 3.68. The number of anilines is 1. The van der Waals surface area contributed by atoms with Gasteiger partial charge in [0.05, 0.1) is 16.6 Å². The minimum atomic E-state index is -0.247. The van der Waals surface area contributed by atoms with Gasteiger partial charge in [0, 0.05) is 31.9 Å². The Balaban J connectivity index is 1.63. The predicted molar refractivity (Wildman–Crippen MR) is 103 cm³/mol. The van der Waals surface area contributed by atoms with Gasteiger partial charge in [-0.05, 0) is 38.5 Å². The maximum Gasteiger partial charge on any atom is 0.252 e. The molecule has 0 fully saturated rings. The zero-order valence-corrected chi connectivity index (χ0v) is 15.8. The molecule has 2 N–H and O–H groups in total. The second-order valence-electron chi connectivity index (χ2n) is 6.49. The topological polar surface area (TPSA) is 102 Å². The fraction of sp³-hybridized carbons (Fsp3) is 0.316. The van der Waals surface area contributed by atoms with Crippen molar-refractivity contribution >= 4 is 28.7 Å². The van der Waals surface area contributed by atoms with Gasteiger partial charge in [0.25, 0.3) is 5.91 Å². The number of pyridine rings is 2. The maximum absolute atomic E-state index is 12.6. The molecule has 3 heterocycles. The van der Waals surface area contributed by atoms with Gasteiger partial charge in [-0.2, -0.15) is 5.10 Å². The normalized spacial score (nSPS) is 10.8. The average molecular weight is 366 g/mol. The number of rotatable bonds is 5. The second kappa shape index (κ2) is 7.53. The quantitative estimate of drug-likeness (QED) is 0.719. The summed E-state index contributed by atoms with van der Waals surface area (Å²) in [5, 5.41) is 10.6. The number of aromatic nitrogens is 4. The van der Waals surface area contributed by atoms with Gasteiger partial charge in [-0.1, -0.05) is 6.07 Å². The van der Waals surface area contributed by atoms with Crippen molar-refractivity contribution in [2.75, 3.05) is 11.9 Å². The van der Waals surface area contributed by atoms with E-state index in [0.29, 0.717) is 17.0 Å². The Morgan fingerprint density at radius 1 is 1.19 bits per heavy atom. The summed E-state index contributed by atoms with van der Waals surface area (Å²) in [6.07, 6.45) is 1.84. The van der Waals surface area contributed by atoms with Crippen molar-refractivity contribution in [3.8, 4) is 0 Å². The van der Waals surface area contributed by atoms with E-state index < -0.39 is 0 Å². The predicted octanol–water partition coefficient (Wildman–Crippen LogP) is 2.05. The molecular formula is C19H22N6O2. The zero-order valence-electron chi connectivity index (χ0n) is 15.8. The van der Waals surface area contributed by atoms with Crippen LogP contribution in [0.1, 0.15) is 33.7 Å². The van der Waals surface area contributed by atoms with Gasteiger partial charge in [-0.3, -0.25) is 14.3 Å². The lowest BCUT2D eigenvalue weighted by molar-refractivity contribution is -0.116. The molecule has 8 nitrogen and oxygen atoms in total. The fourth-order valence-electron chi connectivity index (χ4n) is 2.88. The van der Waals surface area contributed by atoms with Crippen LogP contribution in [0.3, 0.4) is 0 Å². The summed E-state index contributed by atoms with van der Waals surface area (Å²) in [7, 11) is 1.80. The van der Waals surface area contributed by atoms with Crippen LogP contribution < -0.4 is 10.6 Å². The van der Waals surface area contributed by atoms with E-state index >= 15 is 0 Å². The van der Waals surface area contributed by atoms with Gasteiger partial charge >= 0.3 is 0 Å². The molecule has 0 radical (unpaired) electrons. The number of aryl methyl sites for hydroxylation is 4. The molecule has 0 aliphatic heterocycles. The molecule has 140 valence electrons. The van der Waals surface area contributed by atoms with Crippen LogP contribution in [0.25, 0.3) is 11.0 Å². The van der Waals surface area contributed by atoms with E-state index in [2.05, 4.69) is 25.7 Å². The van der Waals surface area contributed by atoms with Crippen LogP contribution in [-0.2, 0) is 11.8 Å². The summed E-state index contributed by atoms with van der Waals surface area (Å²) >= 11 is 0. The van der Waals surface area contributed by atoms with E-state index in [1.165, 1.54) is 0 Å². The molecule has 0 unspecified atom stereocenters. The van der Waals surface area contributed by atoms with Gasteiger partial charge in [-0.25, -0.2) is 9.97 Å². The van der Waals surface area contributed by atoms with Crippen molar-refractivity contribution in [1.29, 1.82) is 0 Å². The molecule has 3 rings (SSSR count). The number of carbonyl (C=O) groups excluding carboxylic acids is 2. The Morgan fingerprint density at radius 3 is 2.67 bits per heavy atom. The number of nitrogens with one attached hydrogen (secondary N) is 2. The van der Waals surface area contributed by atoms with E-state index in [4.69, 9.17) is 0 Å². The van der Waals surface area contributed by atoms with Crippen LogP contribution >= 0.6 is 0 Å². The monoisotopic (exact) mass is 366 g/mol. The van der Waals surface area contributed by atoms with Gasteiger partial charge < -0.3 is 10.6 Å². The van der Waals surface area contributed by atoms with Crippen LogP contribution in [0.5, 0.6) is 0 Å². The smallest absolute Gasteiger partial charge is 0.252 e. The third-order valence-corrected chi connectivity index (χ3v) is 4.16. The molecule has 8 heteroatoms. The molecule has 3 aromatic rings. The molecule has 0 saturated carbocycles. The van der Waals surface area contributed by atoms with E-state index in [1.54, 1.807) is 30.1 Å². The van der Waals surface area contributed by atoms with Crippen LogP contribution in [0.4, 0.5) is 5.82 Å². The molecular weight excluding hydrogens is 344 g/mol. The first-order valence-corrected chi connectivity index (χ1v) is 8.67. The number of amides is 2. The minimum Gasteiger partial charge on any atom is -0.351 e. The molecule has 3 aromatic heterocycles. The number of hydrogen-bond donors (Lipinski definition) is 2. The van der Waals surface area contributed by atoms with Gasteiger partial charge in [-0.15, -0.1) is 0 Å². The molecule has 0 spiro atoms. The van der Waals surface area contributed by atoms with E-state index in [9.17, 15) is 9.59 Å². The van der Waals surface area contributed by atoms with Crippen molar-refractivity contribution in [3.05, 3.63) is 46.9 Å². The molecule has 0 saturated heterocycles. The van der Waals surface area contributed by atoms with Crippen molar-refractivity contribution < 1.29 is 9.59 Å². The Bertz CT molecular complexity index is 1010. The van der Waals surface area contributed by atoms with Crippen LogP contribution in [0.15, 0.2) is 24.4 Å². The molecule has 0 atom stereocenters. The van der Waals surface area contributed by atoms with Crippen LogP contribution in [0.2, 0.25) is 0 Å². The van der Waals surface area contributed by atoms with E-state index in [0.717, 1.165) is 22.3 Å².